The molecule has 5 heteroatoms. The topological polar surface area (TPSA) is 24.8 Å². The molecule has 2 rings (SSSR count). The van der Waals surface area contributed by atoms with Gasteiger partial charge in [0.2, 0.25) is 0 Å². The Hall–Kier alpha value is -1.52. The minimum Gasteiger partial charge on any atom is -0.457 e. The molecule has 0 atom stereocenters. The third-order valence-electron chi connectivity index (χ3n) is 3.78. The molecule has 0 fully saturated rings. The van der Waals surface area contributed by atoms with Gasteiger partial charge in [-0.15, -0.1) is 0 Å². The summed E-state index contributed by atoms with van der Waals surface area (Å²) in [5, 5.41) is 0.627. The zero-order valence-corrected chi connectivity index (χ0v) is 16.8. The highest BCUT2D eigenvalue weighted by Gasteiger charge is 2.08. The molecule has 0 aliphatic heterocycles. The van der Waals surface area contributed by atoms with Gasteiger partial charge in [-0.05, 0) is 79.0 Å². The van der Waals surface area contributed by atoms with Crippen molar-refractivity contribution < 1.29 is 4.74 Å². The van der Waals surface area contributed by atoms with Crippen molar-refractivity contribution in [1.82, 2.24) is 4.90 Å². The summed E-state index contributed by atoms with van der Waals surface area (Å²) in [6, 6.07) is 9.62. The van der Waals surface area contributed by atoms with Crippen molar-refractivity contribution in [3.63, 3.8) is 0 Å². The van der Waals surface area contributed by atoms with Gasteiger partial charge in [-0.3, -0.25) is 0 Å². The predicted molar refractivity (Wildman–Crippen MR) is 106 cm³/mol. The SMILES string of the molecule is CCN(/C=N/c1cc(C)c(Oc2ccc(Br)c(Cl)c2)cc1C)CC. The molecule has 3 nitrogen and oxygen atoms in total. The predicted octanol–water partition coefficient (Wildman–Crippen LogP) is 6.51. The third-order valence-corrected chi connectivity index (χ3v) is 5.02. The number of ether oxygens (including phenoxy) is 1. The zero-order chi connectivity index (χ0) is 17.7. The highest BCUT2D eigenvalue weighted by Crippen LogP contribution is 2.34. The molecule has 0 aliphatic carbocycles. The third kappa shape index (κ3) is 4.74. The molecule has 0 aliphatic rings. The first-order valence-corrected chi connectivity index (χ1v) is 9.14. The Morgan fingerprint density at radius 2 is 1.83 bits per heavy atom. The maximum Gasteiger partial charge on any atom is 0.130 e. The van der Waals surface area contributed by atoms with Crippen LogP contribution in [0, 0.1) is 13.8 Å². The Labute approximate surface area is 157 Å². The summed E-state index contributed by atoms with van der Waals surface area (Å²) < 4.78 is 6.83. The summed E-state index contributed by atoms with van der Waals surface area (Å²) >= 11 is 9.51. The van der Waals surface area contributed by atoms with E-state index in [2.05, 4.69) is 39.7 Å². The lowest BCUT2D eigenvalue weighted by Gasteiger charge is -2.15. The van der Waals surface area contributed by atoms with Gasteiger partial charge in [0, 0.05) is 23.6 Å². The fourth-order valence-corrected chi connectivity index (χ4v) is 2.64. The van der Waals surface area contributed by atoms with Crippen LogP contribution in [0.25, 0.3) is 0 Å². The van der Waals surface area contributed by atoms with Gasteiger partial charge in [0.05, 0.1) is 17.0 Å². The van der Waals surface area contributed by atoms with Crippen molar-refractivity contribution in [3.05, 3.63) is 51.0 Å². The second-order valence-corrected chi connectivity index (χ2v) is 6.81. The first-order valence-electron chi connectivity index (χ1n) is 7.97. The number of rotatable bonds is 6. The summed E-state index contributed by atoms with van der Waals surface area (Å²) in [6.07, 6.45) is 1.90. The van der Waals surface area contributed by atoms with Crippen LogP contribution >= 0.6 is 27.5 Å². The summed E-state index contributed by atoms with van der Waals surface area (Å²) in [5.74, 6) is 1.53. The molecule has 2 aromatic carbocycles. The summed E-state index contributed by atoms with van der Waals surface area (Å²) in [7, 11) is 0. The van der Waals surface area contributed by atoms with E-state index in [4.69, 9.17) is 16.3 Å². The van der Waals surface area contributed by atoms with Crippen LogP contribution in [0.1, 0.15) is 25.0 Å². The van der Waals surface area contributed by atoms with Crippen LogP contribution in [0.4, 0.5) is 5.69 Å². The number of hydrogen-bond donors (Lipinski definition) is 0. The van der Waals surface area contributed by atoms with Gasteiger partial charge < -0.3 is 9.64 Å². The van der Waals surface area contributed by atoms with E-state index in [9.17, 15) is 0 Å². The van der Waals surface area contributed by atoms with Gasteiger partial charge in [-0.1, -0.05) is 11.6 Å². The van der Waals surface area contributed by atoms with Crippen LogP contribution in [0.3, 0.4) is 0 Å². The molecule has 0 N–H and O–H groups in total. The van der Waals surface area contributed by atoms with Crippen molar-refractivity contribution in [2.75, 3.05) is 13.1 Å². The van der Waals surface area contributed by atoms with E-state index in [1.54, 1.807) is 6.07 Å². The smallest absolute Gasteiger partial charge is 0.130 e. The molecule has 24 heavy (non-hydrogen) atoms. The van der Waals surface area contributed by atoms with Crippen LogP contribution in [-0.2, 0) is 0 Å². The molecule has 0 saturated heterocycles. The number of benzene rings is 2. The van der Waals surface area contributed by atoms with E-state index >= 15 is 0 Å². The highest BCUT2D eigenvalue weighted by atomic mass is 79.9. The van der Waals surface area contributed by atoms with Crippen molar-refractivity contribution >= 4 is 39.6 Å². The molecule has 0 heterocycles. The van der Waals surface area contributed by atoms with Gasteiger partial charge in [-0.2, -0.15) is 0 Å². The van der Waals surface area contributed by atoms with E-state index < -0.39 is 0 Å². The highest BCUT2D eigenvalue weighted by molar-refractivity contribution is 9.10. The van der Waals surface area contributed by atoms with Crippen LogP contribution in [0.5, 0.6) is 11.5 Å². The van der Waals surface area contributed by atoms with Crippen molar-refractivity contribution in [1.29, 1.82) is 0 Å². The summed E-state index contributed by atoms with van der Waals surface area (Å²) in [6.45, 7) is 10.2. The lowest BCUT2D eigenvalue weighted by Crippen LogP contribution is -2.20. The molecule has 2 aromatic rings. The van der Waals surface area contributed by atoms with Crippen LogP contribution in [0.2, 0.25) is 5.02 Å². The molecule has 128 valence electrons. The second-order valence-electron chi connectivity index (χ2n) is 5.55. The normalized spacial score (nSPS) is 11.1. The van der Waals surface area contributed by atoms with Gasteiger partial charge in [0.25, 0.3) is 0 Å². The standard InChI is InChI=1S/C19H22BrClN2O/c1-5-23(6-2)12-22-18-9-14(4)19(10-13(18)3)24-15-7-8-16(20)17(21)11-15/h7-12H,5-6H2,1-4H3/b22-12+. The molecular weight excluding hydrogens is 388 g/mol. The van der Waals surface area contributed by atoms with Crippen molar-refractivity contribution in [2.45, 2.75) is 27.7 Å². The first kappa shape index (κ1) is 18.8. The molecule has 0 unspecified atom stereocenters. The van der Waals surface area contributed by atoms with E-state index in [1.807, 2.05) is 44.5 Å². The van der Waals surface area contributed by atoms with Gasteiger partial charge in [-0.25, -0.2) is 4.99 Å². The minimum atomic E-state index is 0.627. The number of hydrogen-bond acceptors (Lipinski definition) is 2. The van der Waals surface area contributed by atoms with Gasteiger partial charge >= 0.3 is 0 Å². The maximum absolute atomic E-state index is 6.12. The molecule has 0 amide bonds. The molecule has 0 radical (unpaired) electrons. The monoisotopic (exact) mass is 408 g/mol. The van der Waals surface area contributed by atoms with E-state index in [0.29, 0.717) is 10.8 Å². The van der Waals surface area contributed by atoms with Crippen molar-refractivity contribution in [3.8, 4) is 11.5 Å². The fourth-order valence-electron chi connectivity index (χ4n) is 2.22. The summed E-state index contributed by atoms with van der Waals surface area (Å²) in [5.41, 5.74) is 3.06. The largest absolute Gasteiger partial charge is 0.457 e. The fraction of sp³-hybridized carbons (Fsp3) is 0.316. The van der Waals surface area contributed by atoms with E-state index in [1.165, 1.54) is 0 Å². The Bertz CT molecular complexity index is 742. The minimum absolute atomic E-state index is 0.627. The van der Waals surface area contributed by atoms with Crippen LogP contribution in [-0.4, -0.2) is 24.3 Å². The molecule has 0 aromatic heterocycles. The average Bonchev–Trinajstić information content (AvgIpc) is 2.56. The van der Waals surface area contributed by atoms with Crippen molar-refractivity contribution in [2.24, 2.45) is 4.99 Å². The Morgan fingerprint density at radius 3 is 2.46 bits per heavy atom. The van der Waals surface area contributed by atoms with Gasteiger partial charge in [0.15, 0.2) is 0 Å². The molecular formula is C19H22BrClN2O. The maximum atomic E-state index is 6.12. The number of aliphatic imine (C=N–C) groups is 1. The Balaban J connectivity index is 2.24. The lowest BCUT2D eigenvalue weighted by molar-refractivity contribution is 0.477. The van der Waals surface area contributed by atoms with Crippen LogP contribution in [0.15, 0.2) is 39.8 Å². The number of halogens is 2. The summed E-state index contributed by atoms with van der Waals surface area (Å²) in [4.78, 5) is 6.76. The molecule has 0 bridgehead atoms. The Morgan fingerprint density at radius 1 is 1.12 bits per heavy atom. The number of nitrogens with zero attached hydrogens (tertiary/aromatic N) is 2. The first-order chi connectivity index (χ1) is 11.4. The quantitative estimate of drug-likeness (QED) is 0.401. The van der Waals surface area contributed by atoms with E-state index in [-0.39, 0.29) is 0 Å². The number of aryl methyl sites for hydroxylation is 2. The van der Waals surface area contributed by atoms with Gasteiger partial charge in [0.1, 0.15) is 11.5 Å². The van der Waals surface area contributed by atoms with E-state index in [0.717, 1.165) is 40.1 Å². The second kappa shape index (κ2) is 8.54. The lowest BCUT2D eigenvalue weighted by atomic mass is 10.1. The average molecular weight is 410 g/mol. The van der Waals surface area contributed by atoms with Crippen LogP contribution < -0.4 is 4.74 Å². The Kier molecular flexibility index (Phi) is 6.69. The molecule has 0 spiro atoms. The molecule has 0 saturated carbocycles. The zero-order valence-electron chi connectivity index (χ0n) is 14.4.